The van der Waals surface area contributed by atoms with Crippen molar-refractivity contribution in [3.05, 3.63) is 88.9 Å². The van der Waals surface area contributed by atoms with E-state index in [1.54, 1.807) is 13.1 Å². The highest BCUT2D eigenvalue weighted by Crippen LogP contribution is 2.45. The number of aliphatic hydroxyl groups excluding tert-OH is 1. The number of sulfone groups is 1. The van der Waals surface area contributed by atoms with Gasteiger partial charge < -0.3 is 20.8 Å². The maximum Gasteiger partial charge on any atom is 0.225 e. The number of aromatic nitrogens is 4. The fourth-order valence-electron chi connectivity index (χ4n) is 6.21. The quantitative estimate of drug-likeness (QED) is 0.103. The highest BCUT2D eigenvalue weighted by molar-refractivity contribution is 7.91. The van der Waals surface area contributed by atoms with E-state index in [9.17, 15) is 36.2 Å². The molecule has 3 heterocycles. The zero-order chi connectivity index (χ0) is 34.7. The van der Waals surface area contributed by atoms with Crippen LogP contribution in [-0.2, 0) is 16.4 Å². The Kier molecular flexibility index (Phi) is 8.53. The number of rotatable bonds is 10. The topological polar surface area (TPSA) is 150 Å². The van der Waals surface area contributed by atoms with Gasteiger partial charge in [-0.15, -0.1) is 11.3 Å². The molecule has 0 radical (unpaired) electrons. The minimum atomic E-state index is -4.26. The van der Waals surface area contributed by atoms with Crippen LogP contribution in [0.4, 0.5) is 29.3 Å². The molecule has 49 heavy (non-hydrogen) atoms. The molecule has 3 aromatic heterocycles. The van der Waals surface area contributed by atoms with E-state index in [0.29, 0.717) is 40.4 Å². The van der Waals surface area contributed by atoms with Gasteiger partial charge in [0, 0.05) is 36.2 Å². The van der Waals surface area contributed by atoms with Crippen molar-refractivity contribution >= 4 is 43.2 Å². The first kappa shape index (κ1) is 33.3. The molecule has 10 nitrogen and oxygen atoms in total. The first-order valence-electron chi connectivity index (χ1n) is 15.5. The average molecular weight is 715 g/mol. The minimum absolute atomic E-state index is 0.0289. The Morgan fingerprint density at radius 2 is 1.71 bits per heavy atom. The van der Waals surface area contributed by atoms with E-state index in [2.05, 4.69) is 25.6 Å². The fraction of sp³-hybridized carbons (Fsp3) is 0.333. The number of hydrogen-bond acceptors (Lipinski definition) is 11. The van der Waals surface area contributed by atoms with E-state index >= 15 is 0 Å². The molecule has 0 saturated heterocycles. The molecule has 2 fully saturated rings. The summed E-state index contributed by atoms with van der Waals surface area (Å²) in [6.45, 7) is 1.37. The number of nitrogens with zero attached hydrogens (tertiary/aromatic N) is 4. The van der Waals surface area contributed by atoms with Crippen molar-refractivity contribution in [2.45, 2.75) is 61.8 Å². The Balaban J connectivity index is 1.23. The number of fused-ring (bicyclic) bond motifs is 1. The summed E-state index contributed by atoms with van der Waals surface area (Å²) in [4.78, 5) is 17.9. The number of anilines is 2. The van der Waals surface area contributed by atoms with E-state index in [-0.39, 0.29) is 36.7 Å². The summed E-state index contributed by atoms with van der Waals surface area (Å²) in [5.74, 6) is -5.07. The Morgan fingerprint density at radius 1 is 1.00 bits per heavy atom. The van der Waals surface area contributed by atoms with Crippen molar-refractivity contribution in [3.63, 3.8) is 0 Å². The normalized spacial score (nSPS) is 21.0. The number of hydrogen-bond donors (Lipinski definition) is 4. The van der Waals surface area contributed by atoms with Gasteiger partial charge in [-0.05, 0) is 62.9 Å². The number of thiazole rings is 1. The van der Waals surface area contributed by atoms with Crippen molar-refractivity contribution in [3.8, 4) is 10.6 Å². The molecule has 2 aliphatic carbocycles. The third-order valence-corrected chi connectivity index (χ3v) is 11.7. The Hall–Kier alpha value is -4.25. The van der Waals surface area contributed by atoms with Gasteiger partial charge in [-0.1, -0.05) is 6.07 Å². The third-order valence-electron chi connectivity index (χ3n) is 8.88. The average Bonchev–Trinajstić information content (AvgIpc) is 3.73. The predicted octanol–water partition coefficient (Wildman–Crippen LogP) is 5.85. The van der Waals surface area contributed by atoms with Crippen LogP contribution in [0.2, 0.25) is 0 Å². The number of pyridine rings is 1. The number of benzene rings is 2. The molecular formula is C33H30F4N6O4S2. The van der Waals surface area contributed by atoms with Gasteiger partial charge in [0.15, 0.2) is 15.6 Å². The summed E-state index contributed by atoms with van der Waals surface area (Å²) in [5, 5.41) is 29.3. The van der Waals surface area contributed by atoms with Gasteiger partial charge in [0.2, 0.25) is 5.95 Å². The van der Waals surface area contributed by atoms with Gasteiger partial charge in [0.25, 0.3) is 0 Å². The van der Waals surface area contributed by atoms with Crippen LogP contribution in [0.15, 0.2) is 53.6 Å². The minimum Gasteiger partial charge on any atom is -0.388 e. The Bertz CT molecular complexity index is 2160. The van der Waals surface area contributed by atoms with E-state index < -0.39 is 61.5 Å². The zero-order valence-electron chi connectivity index (χ0n) is 25.9. The highest BCUT2D eigenvalue weighted by atomic mass is 32.2. The largest absolute Gasteiger partial charge is 0.388 e. The van der Waals surface area contributed by atoms with Crippen LogP contribution in [0.5, 0.6) is 0 Å². The highest BCUT2D eigenvalue weighted by Gasteiger charge is 2.49. The van der Waals surface area contributed by atoms with Gasteiger partial charge in [-0.25, -0.2) is 35.9 Å². The molecule has 0 unspecified atom stereocenters. The number of aliphatic hydroxyl groups is 2. The molecule has 5 aromatic rings. The number of aryl methyl sites for hydroxylation is 1. The third kappa shape index (κ3) is 6.57. The maximum atomic E-state index is 14.4. The van der Waals surface area contributed by atoms with Crippen LogP contribution in [0.1, 0.15) is 48.6 Å². The molecule has 16 heteroatoms. The standard InChI is InChI=1S/C33H30F4N6O4S2/c1-16-26(31-41-28-25(48-31)8-10-38-27(28)17-5-6-17)30(42-32(40-16)39-14-22-23(36)3-2-4-24(22)37)43-33(45)9-7-18(29(33)44)15-49(46,47)21-12-19(34)11-20(35)13-21/h2-4,8,10-13,17-18,29,44-45H,5-7,9,14-15H2,1H3,(H2,39,40,42,43)/t18-,29-,33-/m1/s1. The smallest absolute Gasteiger partial charge is 0.225 e. The predicted molar refractivity (Wildman–Crippen MR) is 175 cm³/mol. The summed E-state index contributed by atoms with van der Waals surface area (Å²) < 4.78 is 83.4. The molecule has 0 aliphatic heterocycles. The van der Waals surface area contributed by atoms with Gasteiger partial charge in [0.1, 0.15) is 45.7 Å². The lowest BCUT2D eigenvalue weighted by Gasteiger charge is -2.31. The van der Waals surface area contributed by atoms with Crippen LogP contribution < -0.4 is 10.6 Å². The van der Waals surface area contributed by atoms with Crippen LogP contribution in [0, 0.1) is 36.1 Å². The molecule has 4 N–H and O–H groups in total. The first-order chi connectivity index (χ1) is 23.3. The second-order valence-corrected chi connectivity index (χ2v) is 15.5. The van der Waals surface area contributed by atoms with Gasteiger partial charge in [-0.2, -0.15) is 4.98 Å². The van der Waals surface area contributed by atoms with Crippen molar-refractivity contribution in [1.82, 2.24) is 19.9 Å². The van der Waals surface area contributed by atoms with Crippen LogP contribution in [-0.4, -0.2) is 56.1 Å². The fourth-order valence-corrected chi connectivity index (χ4v) is 8.96. The van der Waals surface area contributed by atoms with E-state index in [4.69, 9.17) is 4.98 Å². The molecule has 0 bridgehead atoms. The van der Waals surface area contributed by atoms with Gasteiger partial charge in [0.05, 0.1) is 32.3 Å². The van der Waals surface area contributed by atoms with Crippen molar-refractivity contribution in [2.75, 3.05) is 16.4 Å². The van der Waals surface area contributed by atoms with E-state index in [1.165, 1.54) is 17.4 Å². The lowest BCUT2D eigenvalue weighted by atomic mass is 10.0. The molecule has 3 atom stereocenters. The number of halogens is 4. The van der Waals surface area contributed by atoms with E-state index in [1.807, 2.05) is 6.07 Å². The molecule has 2 saturated carbocycles. The van der Waals surface area contributed by atoms with Gasteiger partial charge in [-0.3, -0.25) is 4.98 Å². The van der Waals surface area contributed by atoms with Gasteiger partial charge >= 0.3 is 0 Å². The van der Waals surface area contributed by atoms with Crippen LogP contribution in [0.25, 0.3) is 20.8 Å². The molecular weight excluding hydrogens is 685 g/mol. The molecule has 2 aliphatic rings. The van der Waals surface area contributed by atoms with Crippen molar-refractivity contribution in [2.24, 2.45) is 5.92 Å². The molecule has 0 spiro atoms. The Morgan fingerprint density at radius 3 is 2.41 bits per heavy atom. The summed E-state index contributed by atoms with van der Waals surface area (Å²) in [5.41, 5.74) is 0.0436. The maximum absolute atomic E-state index is 14.4. The van der Waals surface area contributed by atoms with E-state index in [0.717, 1.165) is 40.9 Å². The lowest BCUT2D eigenvalue weighted by Crippen LogP contribution is -2.48. The van der Waals surface area contributed by atoms with Crippen molar-refractivity contribution < 1.29 is 36.2 Å². The lowest BCUT2D eigenvalue weighted by molar-refractivity contribution is -0.0442. The molecule has 7 rings (SSSR count). The Labute approximate surface area is 282 Å². The molecule has 256 valence electrons. The SMILES string of the molecule is Cc1nc(NCc2c(F)cccc2F)nc(N[C@@]2(O)CC[C@H](CS(=O)(=O)c3cc(F)cc(F)c3)[C@H]2O)c1-c1nc2c(C3CC3)nccc2s1. The summed E-state index contributed by atoms with van der Waals surface area (Å²) in [7, 11) is -4.26. The monoisotopic (exact) mass is 714 g/mol. The van der Waals surface area contributed by atoms with Crippen molar-refractivity contribution in [1.29, 1.82) is 0 Å². The van der Waals surface area contributed by atoms with Crippen LogP contribution in [0.3, 0.4) is 0 Å². The zero-order valence-corrected chi connectivity index (χ0v) is 27.6. The number of nitrogens with one attached hydrogen (secondary N) is 2. The summed E-state index contributed by atoms with van der Waals surface area (Å²) in [6.07, 6.45) is 2.00. The molecule has 0 amide bonds. The summed E-state index contributed by atoms with van der Waals surface area (Å²) >= 11 is 1.35. The summed E-state index contributed by atoms with van der Waals surface area (Å²) in [6, 6.07) is 7.29. The second kappa shape index (κ2) is 12.6. The first-order valence-corrected chi connectivity index (χ1v) is 18.0. The molecule has 2 aromatic carbocycles. The second-order valence-electron chi connectivity index (χ2n) is 12.4. The van der Waals surface area contributed by atoms with Crippen LogP contribution >= 0.6 is 11.3 Å².